The van der Waals surface area contributed by atoms with Gasteiger partial charge in [0.15, 0.2) is 0 Å². The lowest BCUT2D eigenvalue weighted by Gasteiger charge is -2.34. The van der Waals surface area contributed by atoms with Crippen molar-refractivity contribution in [2.45, 2.75) is 13.0 Å². The number of phenols is 1. The van der Waals surface area contributed by atoms with Crippen molar-refractivity contribution in [2.24, 2.45) is 0 Å². The molecule has 2 N–H and O–H groups in total. The molecule has 0 spiro atoms. The summed E-state index contributed by atoms with van der Waals surface area (Å²) in [5.41, 5.74) is 0.917. The van der Waals surface area contributed by atoms with Crippen LogP contribution in [0.1, 0.15) is 15.9 Å². The molecule has 2 amide bonds. The number of hydrogen-bond donors (Lipinski definition) is 2. The Bertz CT molecular complexity index is 530. The van der Waals surface area contributed by atoms with Gasteiger partial charge in [0.1, 0.15) is 11.8 Å². The number of rotatable bonds is 2. The first-order chi connectivity index (χ1) is 9.56. The average Bonchev–Trinajstić information content (AvgIpc) is 2.48. The number of likely N-dealkylation sites (N-methyl/N-ethyl adjacent to an activating group) is 1. The molecule has 1 unspecified atom stereocenters. The average molecular weight is 278 g/mol. The Hall–Kier alpha value is -2.08. The summed E-state index contributed by atoms with van der Waals surface area (Å²) >= 11 is 0. The largest absolute Gasteiger partial charge is 0.508 e. The third-order valence-corrected chi connectivity index (χ3v) is 3.47. The van der Waals surface area contributed by atoms with Gasteiger partial charge in [-0.05, 0) is 19.1 Å². The summed E-state index contributed by atoms with van der Waals surface area (Å²) in [6.07, 6.45) is 0. The maximum Gasteiger partial charge on any atom is 0.255 e. The van der Waals surface area contributed by atoms with Crippen molar-refractivity contribution >= 4 is 11.8 Å². The van der Waals surface area contributed by atoms with E-state index in [1.165, 1.54) is 18.0 Å². The molecule has 1 fully saturated rings. The molecule has 0 saturated carbocycles. The highest BCUT2D eigenvalue weighted by molar-refractivity contribution is 5.99. The van der Waals surface area contributed by atoms with Crippen LogP contribution in [0.25, 0.3) is 0 Å². The van der Waals surface area contributed by atoms with Crippen LogP contribution >= 0.6 is 0 Å². The van der Waals surface area contributed by atoms with Gasteiger partial charge in [-0.2, -0.15) is 0 Å². The van der Waals surface area contributed by atoms with Gasteiger partial charge in [-0.25, -0.2) is 0 Å². The summed E-state index contributed by atoms with van der Waals surface area (Å²) in [6.45, 7) is 2.62. The molecule has 20 heavy (non-hydrogen) atoms. The van der Waals surface area contributed by atoms with Crippen molar-refractivity contribution in [3.63, 3.8) is 0 Å². The minimum atomic E-state index is -0.636. The molecule has 0 radical (unpaired) electrons. The van der Waals surface area contributed by atoms with Crippen molar-refractivity contribution in [1.29, 1.82) is 0 Å². The highest BCUT2D eigenvalue weighted by Gasteiger charge is 2.33. The molecule has 0 aliphatic carbocycles. The quantitative estimate of drug-likeness (QED) is 0.815. The van der Waals surface area contributed by atoms with E-state index in [1.54, 1.807) is 19.1 Å². The maximum absolute atomic E-state index is 12.6. The van der Waals surface area contributed by atoms with Gasteiger partial charge in [0.25, 0.3) is 5.91 Å². The Morgan fingerprint density at radius 3 is 2.90 bits per heavy atom. The van der Waals surface area contributed by atoms with Crippen molar-refractivity contribution < 1.29 is 19.4 Å². The van der Waals surface area contributed by atoms with Crippen LogP contribution in [0.3, 0.4) is 0 Å². The van der Waals surface area contributed by atoms with E-state index in [9.17, 15) is 14.7 Å². The Morgan fingerprint density at radius 2 is 2.20 bits per heavy atom. The molecule has 108 valence electrons. The minimum absolute atomic E-state index is 0.0700. The molecule has 6 nitrogen and oxygen atoms in total. The fraction of sp³-hybridized carbons (Fsp3) is 0.429. The number of carbonyl (C=O) groups is 2. The van der Waals surface area contributed by atoms with E-state index >= 15 is 0 Å². The molecular weight excluding hydrogens is 260 g/mol. The lowest BCUT2D eigenvalue weighted by atomic mass is 10.0. The number of aromatic hydroxyl groups is 1. The van der Waals surface area contributed by atoms with Crippen molar-refractivity contribution in [1.82, 2.24) is 10.2 Å². The van der Waals surface area contributed by atoms with E-state index in [0.717, 1.165) is 0 Å². The van der Waals surface area contributed by atoms with E-state index in [0.29, 0.717) is 24.3 Å². The summed E-state index contributed by atoms with van der Waals surface area (Å²) in [4.78, 5) is 25.9. The second-order valence-electron chi connectivity index (χ2n) is 4.65. The van der Waals surface area contributed by atoms with E-state index < -0.39 is 6.04 Å². The molecule has 1 aromatic rings. The van der Waals surface area contributed by atoms with Crippen molar-refractivity contribution in [3.8, 4) is 5.75 Å². The number of hydrogen-bond acceptors (Lipinski definition) is 4. The van der Waals surface area contributed by atoms with Crippen LogP contribution in [0, 0.1) is 6.92 Å². The molecule has 0 bridgehead atoms. The molecule has 1 aliphatic rings. The maximum atomic E-state index is 12.6. The van der Waals surface area contributed by atoms with E-state index in [-0.39, 0.29) is 24.2 Å². The van der Waals surface area contributed by atoms with Gasteiger partial charge in [0, 0.05) is 24.7 Å². The smallest absolute Gasteiger partial charge is 0.255 e. The second-order valence-corrected chi connectivity index (χ2v) is 4.65. The normalized spacial score (nSPS) is 18.7. The van der Waals surface area contributed by atoms with Crippen LogP contribution in [0.15, 0.2) is 18.2 Å². The first kappa shape index (κ1) is 14.3. The van der Waals surface area contributed by atoms with Gasteiger partial charge < -0.3 is 20.1 Å². The summed E-state index contributed by atoms with van der Waals surface area (Å²) in [7, 11) is 1.53. The number of phenolic OH excluding ortho intramolecular Hbond substituents is 1. The van der Waals surface area contributed by atoms with Gasteiger partial charge in [0.2, 0.25) is 5.91 Å². The lowest BCUT2D eigenvalue weighted by Crippen LogP contribution is -2.55. The molecule has 1 heterocycles. The van der Waals surface area contributed by atoms with Crippen LogP contribution in [-0.4, -0.2) is 54.7 Å². The number of benzene rings is 1. The fourth-order valence-corrected chi connectivity index (χ4v) is 2.24. The minimum Gasteiger partial charge on any atom is -0.508 e. The summed E-state index contributed by atoms with van der Waals surface area (Å²) in [6, 6.07) is 4.16. The fourth-order valence-electron chi connectivity index (χ4n) is 2.24. The zero-order valence-corrected chi connectivity index (χ0v) is 11.5. The molecule has 0 aromatic heterocycles. The highest BCUT2D eigenvalue weighted by Crippen LogP contribution is 2.22. The molecule has 1 atom stereocenters. The Morgan fingerprint density at radius 1 is 1.45 bits per heavy atom. The Labute approximate surface area is 117 Å². The van der Waals surface area contributed by atoms with Crippen LogP contribution in [0.4, 0.5) is 0 Å². The molecular formula is C14H18N2O4. The molecule has 6 heteroatoms. The van der Waals surface area contributed by atoms with Crippen LogP contribution in [0.2, 0.25) is 0 Å². The zero-order valence-electron chi connectivity index (χ0n) is 11.5. The third kappa shape index (κ3) is 2.60. The van der Waals surface area contributed by atoms with Crippen LogP contribution in [-0.2, 0) is 9.53 Å². The SMILES string of the molecule is CNC(=O)C1COCCN1C(=O)c1cccc(O)c1C. The monoisotopic (exact) mass is 278 g/mol. The third-order valence-electron chi connectivity index (χ3n) is 3.47. The number of carbonyl (C=O) groups excluding carboxylic acids is 2. The number of nitrogens with zero attached hydrogens (tertiary/aromatic N) is 1. The predicted molar refractivity (Wildman–Crippen MR) is 72.6 cm³/mol. The van der Waals surface area contributed by atoms with Crippen LogP contribution < -0.4 is 5.32 Å². The number of morpholine rings is 1. The first-order valence-electron chi connectivity index (χ1n) is 6.45. The van der Waals surface area contributed by atoms with Crippen LogP contribution in [0.5, 0.6) is 5.75 Å². The van der Waals surface area contributed by atoms with Crippen molar-refractivity contribution in [3.05, 3.63) is 29.3 Å². The van der Waals surface area contributed by atoms with E-state index in [1.807, 2.05) is 0 Å². The molecule has 1 aliphatic heterocycles. The Balaban J connectivity index is 2.30. The van der Waals surface area contributed by atoms with E-state index in [2.05, 4.69) is 5.32 Å². The zero-order chi connectivity index (χ0) is 14.7. The predicted octanol–water partition coefficient (Wildman–Crippen LogP) is 0.288. The molecule has 1 saturated heterocycles. The standard InChI is InChI=1S/C14H18N2O4/c1-9-10(4-3-5-12(9)17)14(19)16-6-7-20-8-11(16)13(18)15-2/h3-5,11,17H,6-8H2,1-2H3,(H,15,18). The highest BCUT2D eigenvalue weighted by atomic mass is 16.5. The van der Waals surface area contributed by atoms with Gasteiger partial charge in [-0.15, -0.1) is 0 Å². The summed E-state index contributed by atoms with van der Waals surface area (Å²) < 4.78 is 5.27. The first-order valence-corrected chi connectivity index (χ1v) is 6.45. The van der Waals surface area contributed by atoms with Gasteiger partial charge in [-0.3, -0.25) is 9.59 Å². The Kier molecular flexibility index (Phi) is 4.24. The topological polar surface area (TPSA) is 78.9 Å². The number of amides is 2. The van der Waals surface area contributed by atoms with Gasteiger partial charge in [-0.1, -0.05) is 6.07 Å². The van der Waals surface area contributed by atoms with Crippen molar-refractivity contribution in [2.75, 3.05) is 26.8 Å². The second kappa shape index (κ2) is 5.92. The van der Waals surface area contributed by atoms with Gasteiger partial charge >= 0.3 is 0 Å². The lowest BCUT2D eigenvalue weighted by molar-refractivity contribution is -0.130. The van der Waals surface area contributed by atoms with Gasteiger partial charge in [0.05, 0.1) is 13.2 Å². The molecule has 1 aromatic carbocycles. The number of nitrogens with one attached hydrogen (secondary N) is 1. The molecule has 2 rings (SSSR count). The van der Waals surface area contributed by atoms with E-state index in [4.69, 9.17) is 4.74 Å². The summed E-state index contributed by atoms with van der Waals surface area (Å²) in [5.74, 6) is -0.452. The summed E-state index contributed by atoms with van der Waals surface area (Å²) in [5, 5.41) is 12.2. The number of ether oxygens (including phenoxy) is 1.